The van der Waals surface area contributed by atoms with Crippen LogP contribution in [0.25, 0.3) is 11.1 Å². The van der Waals surface area contributed by atoms with Crippen molar-refractivity contribution in [3.05, 3.63) is 24.5 Å². The molecule has 0 spiro atoms. The van der Waals surface area contributed by atoms with Gasteiger partial charge in [-0.25, -0.2) is 9.97 Å². The molecule has 1 aliphatic heterocycles. The lowest BCUT2D eigenvalue weighted by Gasteiger charge is -2.27. The zero-order valence-corrected chi connectivity index (χ0v) is 17.6. The van der Waals surface area contributed by atoms with E-state index in [1.54, 1.807) is 0 Å². The summed E-state index contributed by atoms with van der Waals surface area (Å²) < 4.78 is 11.7. The molecule has 0 radical (unpaired) electrons. The van der Waals surface area contributed by atoms with Crippen molar-refractivity contribution in [1.29, 1.82) is 0 Å². The van der Waals surface area contributed by atoms with Gasteiger partial charge >= 0.3 is 0 Å². The summed E-state index contributed by atoms with van der Waals surface area (Å²) in [4.78, 5) is 15.8. The zero-order chi connectivity index (χ0) is 20.2. The molecule has 156 valence electrons. The molecule has 2 aromatic heterocycles. The van der Waals surface area contributed by atoms with Crippen molar-refractivity contribution in [2.45, 2.75) is 51.2 Å². The van der Waals surface area contributed by atoms with E-state index in [-0.39, 0.29) is 6.10 Å². The Hall–Kier alpha value is -2.41. The fraction of sp³-hybridized carbons (Fsp3) is 0.591. The molecular weight excluding hydrogens is 366 g/mol. The van der Waals surface area contributed by atoms with Gasteiger partial charge in [-0.15, -0.1) is 0 Å². The van der Waals surface area contributed by atoms with Gasteiger partial charge in [0.25, 0.3) is 0 Å². The van der Waals surface area contributed by atoms with Crippen LogP contribution >= 0.6 is 0 Å². The Labute approximate surface area is 172 Å². The number of nitrogens with zero attached hydrogens (tertiary/aromatic N) is 4. The van der Waals surface area contributed by atoms with Gasteiger partial charge in [-0.05, 0) is 43.7 Å². The summed E-state index contributed by atoms with van der Waals surface area (Å²) in [5, 5.41) is 3.51. The van der Waals surface area contributed by atoms with Crippen molar-refractivity contribution in [2.24, 2.45) is 5.92 Å². The molecule has 29 heavy (non-hydrogen) atoms. The first-order chi connectivity index (χ1) is 14.1. The monoisotopic (exact) mass is 397 g/mol. The molecule has 1 saturated carbocycles. The Morgan fingerprint density at radius 3 is 2.55 bits per heavy atom. The first-order valence-corrected chi connectivity index (χ1v) is 10.6. The van der Waals surface area contributed by atoms with Crippen LogP contribution in [0.2, 0.25) is 0 Å². The summed E-state index contributed by atoms with van der Waals surface area (Å²) in [5.74, 6) is 2.96. The topological polar surface area (TPSA) is 72.4 Å². The predicted molar refractivity (Wildman–Crippen MR) is 114 cm³/mol. The number of aromatic nitrogens is 3. The third-order valence-corrected chi connectivity index (χ3v) is 5.79. The highest BCUT2D eigenvalue weighted by Crippen LogP contribution is 2.32. The Morgan fingerprint density at radius 2 is 1.90 bits per heavy atom. The van der Waals surface area contributed by atoms with Gasteiger partial charge in [0.2, 0.25) is 11.8 Å². The minimum Gasteiger partial charge on any atom is -0.471 e. The third-order valence-electron chi connectivity index (χ3n) is 5.79. The second-order valence-corrected chi connectivity index (χ2v) is 8.42. The molecule has 1 unspecified atom stereocenters. The van der Waals surface area contributed by atoms with Crippen LogP contribution in [0.3, 0.4) is 0 Å². The molecule has 4 rings (SSSR count). The van der Waals surface area contributed by atoms with E-state index in [1.165, 1.54) is 12.8 Å². The van der Waals surface area contributed by atoms with Gasteiger partial charge in [0.05, 0.1) is 18.8 Å². The minimum absolute atomic E-state index is 0.0287. The first-order valence-electron chi connectivity index (χ1n) is 10.6. The number of ether oxygens (including phenoxy) is 2. The van der Waals surface area contributed by atoms with Gasteiger partial charge in [-0.1, -0.05) is 6.92 Å². The van der Waals surface area contributed by atoms with Gasteiger partial charge < -0.3 is 19.7 Å². The SMILES string of the molecule is CC1CCC(Nc2ncc(-c3ccc(N(C)C)nc3)c(OC3CCOC3)n2)CC1. The molecule has 2 aliphatic rings. The number of hydrogen-bond donors (Lipinski definition) is 1. The molecular formula is C22H31N5O2. The number of pyridine rings is 1. The van der Waals surface area contributed by atoms with E-state index >= 15 is 0 Å². The van der Waals surface area contributed by atoms with Crippen molar-refractivity contribution >= 4 is 11.8 Å². The Morgan fingerprint density at radius 1 is 1.07 bits per heavy atom. The summed E-state index contributed by atoms with van der Waals surface area (Å²) in [5.41, 5.74) is 1.81. The maximum absolute atomic E-state index is 6.23. The largest absolute Gasteiger partial charge is 0.471 e. The van der Waals surface area contributed by atoms with Crippen molar-refractivity contribution in [3.63, 3.8) is 0 Å². The van der Waals surface area contributed by atoms with Crippen LogP contribution < -0.4 is 15.0 Å². The highest BCUT2D eigenvalue weighted by atomic mass is 16.5. The lowest BCUT2D eigenvalue weighted by atomic mass is 9.87. The standard InChI is InChI=1S/C22H31N5O2/c1-15-4-7-17(8-5-15)25-22-24-13-19(16-6-9-20(23-12-16)27(2)3)21(26-22)29-18-10-11-28-14-18/h6,9,12-13,15,17-18H,4-5,7-8,10-11,14H2,1-3H3,(H,24,25,26). The van der Waals surface area contributed by atoms with E-state index in [4.69, 9.17) is 14.5 Å². The number of anilines is 2. The summed E-state index contributed by atoms with van der Waals surface area (Å²) in [6, 6.07) is 4.46. The second kappa shape index (κ2) is 8.95. The fourth-order valence-electron chi connectivity index (χ4n) is 3.88. The van der Waals surface area contributed by atoms with Crippen molar-refractivity contribution in [3.8, 4) is 17.0 Å². The quantitative estimate of drug-likeness (QED) is 0.795. The average molecular weight is 398 g/mol. The molecule has 1 N–H and O–H groups in total. The summed E-state index contributed by atoms with van der Waals surface area (Å²) in [6.45, 7) is 3.66. The van der Waals surface area contributed by atoms with E-state index in [0.717, 1.165) is 48.7 Å². The summed E-state index contributed by atoms with van der Waals surface area (Å²) in [7, 11) is 3.96. The molecule has 7 heteroatoms. The van der Waals surface area contributed by atoms with Crippen molar-refractivity contribution in [2.75, 3.05) is 37.5 Å². The third kappa shape index (κ3) is 4.96. The highest BCUT2D eigenvalue weighted by molar-refractivity contribution is 5.68. The van der Waals surface area contributed by atoms with Gasteiger partial charge in [0, 0.05) is 44.5 Å². The molecule has 1 aliphatic carbocycles. The molecule has 1 atom stereocenters. The maximum atomic E-state index is 6.23. The second-order valence-electron chi connectivity index (χ2n) is 8.42. The van der Waals surface area contributed by atoms with Crippen LogP contribution in [0.4, 0.5) is 11.8 Å². The average Bonchev–Trinajstić information content (AvgIpc) is 3.23. The normalized spacial score (nSPS) is 24.3. The predicted octanol–water partition coefficient (Wildman–Crippen LogP) is 3.76. The lowest BCUT2D eigenvalue weighted by Crippen LogP contribution is -2.26. The number of rotatable bonds is 6. The molecule has 0 amide bonds. The maximum Gasteiger partial charge on any atom is 0.226 e. The number of hydrogen-bond acceptors (Lipinski definition) is 7. The van der Waals surface area contributed by atoms with Crippen LogP contribution in [0.5, 0.6) is 5.88 Å². The smallest absolute Gasteiger partial charge is 0.226 e. The van der Waals surface area contributed by atoms with E-state index in [1.807, 2.05) is 43.5 Å². The molecule has 2 fully saturated rings. The van der Waals surface area contributed by atoms with Gasteiger partial charge in [-0.3, -0.25) is 0 Å². The highest BCUT2D eigenvalue weighted by Gasteiger charge is 2.23. The van der Waals surface area contributed by atoms with Crippen LogP contribution in [0, 0.1) is 5.92 Å². The van der Waals surface area contributed by atoms with Crippen LogP contribution in [-0.2, 0) is 4.74 Å². The van der Waals surface area contributed by atoms with Crippen LogP contribution in [0.15, 0.2) is 24.5 Å². The zero-order valence-electron chi connectivity index (χ0n) is 17.6. The fourth-order valence-corrected chi connectivity index (χ4v) is 3.88. The summed E-state index contributed by atoms with van der Waals surface area (Å²) in [6.07, 6.45) is 9.43. The molecule has 0 aromatic carbocycles. The summed E-state index contributed by atoms with van der Waals surface area (Å²) >= 11 is 0. The van der Waals surface area contributed by atoms with Crippen molar-refractivity contribution < 1.29 is 9.47 Å². The van der Waals surface area contributed by atoms with E-state index in [9.17, 15) is 0 Å². The molecule has 3 heterocycles. The van der Waals surface area contributed by atoms with E-state index in [0.29, 0.717) is 24.5 Å². The van der Waals surface area contributed by atoms with Crippen LogP contribution in [0.1, 0.15) is 39.0 Å². The van der Waals surface area contributed by atoms with Gasteiger partial charge in [-0.2, -0.15) is 4.98 Å². The van der Waals surface area contributed by atoms with Gasteiger partial charge in [0.1, 0.15) is 11.9 Å². The Bertz CT molecular complexity index is 797. The van der Waals surface area contributed by atoms with Crippen LogP contribution in [-0.4, -0.2) is 54.4 Å². The Balaban J connectivity index is 1.57. The Kier molecular flexibility index (Phi) is 6.13. The minimum atomic E-state index is 0.0287. The molecule has 2 aromatic rings. The van der Waals surface area contributed by atoms with Crippen molar-refractivity contribution in [1.82, 2.24) is 15.0 Å². The molecule has 1 saturated heterocycles. The van der Waals surface area contributed by atoms with Gasteiger partial charge in [0.15, 0.2) is 0 Å². The first kappa shape index (κ1) is 19.9. The van der Waals surface area contributed by atoms with E-state index < -0.39 is 0 Å². The lowest BCUT2D eigenvalue weighted by molar-refractivity contribution is 0.138. The number of nitrogens with one attached hydrogen (secondary N) is 1. The van der Waals surface area contributed by atoms with E-state index in [2.05, 4.69) is 22.2 Å². The molecule has 7 nitrogen and oxygen atoms in total. The molecule has 0 bridgehead atoms.